The summed E-state index contributed by atoms with van der Waals surface area (Å²) >= 11 is 0. The zero-order valence-corrected chi connectivity index (χ0v) is 12.3. The Kier molecular flexibility index (Phi) is 3.27. The van der Waals surface area contributed by atoms with Crippen molar-refractivity contribution in [1.82, 2.24) is 5.32 Å². The smallest absolute Gasteiger partial charge is 0.0485 e. The molecule has 1 nitrogen and oxygen atoms in total. The normalized spacial score (nSPS) is 29.7. The standard InChI is InChI=1S/C20H21N/c1-2-8-17-14-18(13-12-15(17)6-1)21-20-11-5-9-16-7-3-4-10-19(16)20/h1,3,5-7,9-13,16,18,21H,2,4,8,14H2. The van der Waals surface area contributed by atoms with Crippen LogP contribution in [0.15, 0.2) is 83.2 Å². The summed E-state index contributed by atoms with van der Waals surface area (Å²) in [5.41, 5.74) is 5.79. The highest BCUT2D eigenvalue weighted by molar-refractivity contribution is 5.47. The first kappa shape index (κ1) is 12.7. The first-order chi connectivity index (χ1) is 10.4. The van der Waals surface area contributed by atoms with E-state index in [0.717, 1.165) is 12.8 Å². The fourth-order valence-electron chi connectivity index (χ4n) is 3.59. The van der Waals surface area contributed by atoms with Gasteiger partial charge in [-0.3, -0.25) is 0 Å². The summed E-state index contributed by atoms with van der Waals surface area (Å²) in [6.45, 7) is 0. The van der Waals surface area contributed by atoms with Gasteiger partial charge in [0.15, 0.2) is 0 Å². The maximum absolute atomic E-state index is 3.75. The van der Waals surface area contributed by atoms with Gasteiger partial charge in [0.1, 0.15) is 0 Å². The Bertz CT molecular complexity index is 649. The van der Waals surface area contributed by atoms with Crippen LogP contribution < -0.4 is 5.32 Å². The first-order valence-corrected chi connectivity index (χ1v) is 7.99. The van der Waals surface area contributed by atoms with Crippen LogP contribution in [0.3, 0.4) is 0 Å². The van der Waals surface area contributed by atoms with Crippen molar-refractivity contribution in [2.45, 2.75) is 31.7 Å². The molecule has 0 fully saturated rings. The summed E-state index contributed by atoms with van der Waals surface area (Å²) in [5.74, 6) is 0.464. The maximum Gasteiger partial charge on any atom is 0.0485 e. The Labute approximate surface area is 126 Å². The van der Waals surface area contributed by atoms with E-state index in [1.165, 1.54) is 29.7 Å². The van der Waals surface area contributed by atoms with E-state index in [2.05, 4.69) is 66.1 Å². The van der Waals surface area contributed by atoms with Crippen LogP contribution in [0, 0.1) is 5.92 Å². The lowest BCUT2D eigenvalue weighted by Gasteiger charge is -2.29. The van der Waals surface area contributed by atoms with Gasteiger partial charge in [0.25, 0.3) is 0 Å². The highest BCUT2D eigenvalue weighted by Crippen LogP contribution is 2.32. The van der Waals surface area contributed by atoms with E-state index in [9.17, 15) is 0 Å². The van der Waals surface area contributed by atoms with Gasteiger partial charge in [-0.1, -0.05) is 60.3 Å². The van der Waals surface area contributed by atoms with Crippen LogP contribution in [0.4, 0.5) is 0 Å². The Morgan fingerprint density at radius 3 is 3.05 bits per heavy atom. The average molecular weight is 275 g/mol. The van der Waals surface area contributed by atoms with E-state index in [-0.39, 0.29) is 0 Å². The second-order valence-electron chi connectivity index (χ2n) is 6.13. The molecule has 21 heavy (non-hydrogen) atoms. The number of hydrogen-bond donors (Lipinski definition) is 1. The molecular formula is C20H21N. The van der Waals surface area contributed by atoms with Gasteiger partial charge in [-0.2, -0.15) is 0 Å². The molecule has 0 saturated carbocycles. The molecule has 2 unspecified atom stereocenters. The van der Waals surface area contributed by atoms with Crippen LogP contribution in [0.1, 0.15) is 25.7 Å². The summed E-state index contributed by atoms with van der Waals surface area (Å²) in [7, 11) is 0. The first-order valence-electron chi connectivity index (χ1n) is 7.99. The second kappa shape index (κ2) is 5.40. The Hall–Kier alpha value is -2.02. The maximum atomic E-state index is 3.75. The van der Waals surface area contributed by atoms with Crippen molar-refractivity contribution in [2.75, 3.05) is 0 Å². The molecule has 0 spiro atoms. The third-order valence-electron chi connectivity index (χ3n) is 4.70. The predicted molar refractivity (Wildman–Crippen MR) is 88.6 cm³/mol. The lowest BCUT2D eigenvalue weighted by molar-refractivity contribution is 0.629. The van der Waals surface area contributed by atoms with Gasteiger partial charge in [0.05, 0.1) is 0 Å². The van der Waals surface area contributed by atoms with Crippen LogP contribution in [-0.4, -0.2) is 6.04 Å². The van der Waals surface area contributed by atoms with Crippen molar-refractivity contribution in [3.05, 3.63) is 83.2 Å². The Morgan fingerprint density at radius 2 is 2.05 bits per heavy atom. The van der Waals surface area contributed by atoms with Gasteiger partial charge in [-0.05, 0) is 42.9 Å². The molecule has 0 aromatic heterocycles. The topological polar surface area (TPSA) is 12.0 Å². The molecule has 4 aliphatic rings. The van der Waals surface area contributed by atoms with Gasteiger partial charge in [0, 0.05) is 17.7 Å². The molecule has 2 atom stereocenters. The molecule has 1 heteroatoms. The second-order valence-corrected chi connectivity index (χ2v) is 6.13. The highest BCUT2D eigenvalue weighted by Gasteiger charge is 2.21. The molecule has 0 amide bonds. The molecule has 106 valence electrons. The van der Waals surface area contributed by atoms with Gasteiger partial charge in [0.2, 0.25) is 0 Å². The molecule has 0 aromatic carbocycles. The zero-order chi connectivity index (χ0) is 14.1. The lowest BCUT2D eigenvalue weighted by atomic mass is 9.85. The molecule has 0 aliphatic heterocycles. The molecule has 1 N–H and O–H groups in total. The minimum Gasteiger partial charge on any atom is -0.378 e. The average Bonchev–Trinajstić information content (AvgIpc) is 2.55. The van der Waals surface area contributed by atoms with Crippen LogP contribution in [0.25, 0.3) is 0 Å². The van der Waals surface area contributed by atoms with Crippen molar-refractivity contribution in [1.29, 1.82) is 0 Å². The fraction of sp³-hybridized carbons (Fsp3) is 0.300. The van der Waals surface area contributed by atoms with Crippen LogP contribution in [-0.2, 0) is 0 Å². The summed E-state index contributed by atoms with van der Waals surface area (Å²) in [5, 5.41) is 3.75. The van der Waals surface area contributed by atoms with E-state index < -0.39 is 0 Å². The Morgan fingerprint density at radius 1 is 1.05 bits per heavy atom. The lowest BCUT2D eigenvalue weighted by Crippen LogP contribution is -2.31. The van der Waals surface area contributed by atoms with Crippen LogP contribution >= 0.6 is 0 Å². The van der Waals surface area contributed by atoms with E-state index in [0.29, 0.717) is 12.0 Å². The monoisotopic (exact) mass is 275 g/mol. The Balaban J connectivity index is 1.50. The molecule has 4 aliphatic carbocycles. The number of rotatable bonds is 2. The summed E-state index contributed by atoms with van der Waals surface area (Å²) in [6, 6.07) is 0.431. The van der Waals surface area contributed by atoms with Crippen molar-refractivity contribution < 1.29 is 0 Å². The SMILES string of the molecule is C1=CC2C=CCC=C2C(NC2C=CC3=C(CCC=C3)C2)=C1. The van der Waals surface area contributed by atoms with Crippen molar-refractivity contribution in [3.63, 3.8) is 0 Å². The van der Waals surface area contributed by atoms with E-state index in [4.69, 9.17) is 0 Å². The summed E-state index contributed by atoms with van der Waals surface area (Å²) < 4.78 is 0. The molecular weight excluding hydrogens is 254 g/mol. The van der Waals surface area contributed by atoms with Crippen LogP contribution in [0.5, 0.6) is 0 Å². The van der Waals surface area contributed by atoms with E-state index >= 15 is 0 Å². The van der Waals surface area contributed by atoms with Gasteiger partial charge in [-0.15, -0.1) is 0 Å². The molecule has 0 heterocycles. The number of fused-ring (bicyclic) bond motifs is 1. The minimum absolute atomic E-state index is 0.431. The van der Waals surface area contributed by atoms with E-state index in [1.807, 2.05) is 0 Å². The number of allylic oxidation sites excluding steroid dienone is 11. The van der Waals surface area contributed by atoms with Crippen molar-refractivity contribution >= 4 is 0 Å². The van der Waals surface area contributed by atoms with E-state index in [1.54, 1.807) is 5.57 Å². The quantitative estimate of drug-likeness (QED) is 0.731. The molecule has 0 bridgehead atoms. The molecule has 0 saturated heterocycles. The highest BCUT2D eigenvalue weighted by atomic mass is 14.9. The van der Waals surface area contributed by atoms with Gasteiger partial charge in [-0.25, -0.2) is 0 Å². The fourth-order valence-corrected chi connectivity index (χ4v) is 3.59. The predicted octanol–water partition coefficient (Wildman–Crippen LogP) is 4.51. The molecule has 0 radical (unpaired) electrons. The zero-order valence-electron chi connectivity index (χ0n) is 12.3. The van der Waals surface area contributed by atoms with Gasteiger partial charge >= 0.3 is 0 Å². The van der Waals surface area contributed by atoms with Gasteiger partial charge < -0.3 is 5.32 Å². The largest absolute Gasteiger partial charge is 0.378 e. The van der Waals surface area contributed by atoms with Crippen molar-refractivity contribution in [3.8, 4) is 0 Å². The third kappa shape index (κ3) is 2.49. The number of hydrogen-bond acceptors (Lipinski definition) is 1. The minimum atomic E-state index is 0.431. The molecule has 4 rings (SSSR count). The van der Waals surface area contributed by atoms with Crippen molar-refractivity contribution in [2.24, 2.45) is 5.92 Å². The summed E-state index contributed by atoms with van der Waals surface area (Å²) in [4.78, 5) is 0. The third-order valence-corrected chi connectivity index (χ3v) is 4.70. The molecule has 0 aromatic rings. The summed E-state index contributed by atoms with van der Waals surface area (Å²) in [6.07, 6.45) is 27.4. The van der Waals surface area contributed by atoms with Crippen LogP contribution in [0.2, 0.25) is 0 Å². The number of nitrogens with one attached hydrogen (secondary N) is 1.